The lowest BCUT2D eigenvalue weighted by Crippen LogP contribution is -2.64. The largest absolute Gasteiger partial charge is 0.497 e. The van der Waals surface area contributed by atoms with E-state index in [-0.39, 0.29) is 112 Å². The molecule has 9 rings (SSSR count). The first kappa shape index (κ1) is 78.3. The van der Waals surface area contributed by atoms with Gasteiger partial charge in [-0.2, -0.15) is 36.7 Å². The summed E-state index contributed by atoms with van der Waals surface area (Å²) < 4.78 is 78.7. The van der Waals surface area contributed by atoms with Crippen molar-refractivity contribution in [2.24, 2.45) is 17.4 Å². The van der Waals surface area contributed by atoms with Crippen LogP contribution in [0.3, 0.4) is 0 Å². The first-order valence-electron chi connectivity index (χ1n) is 34.4. The molecule has 9 amide bonds. The third-order valence-electron chi connectivity index (χ3n) is 19.3. The molecule has 4 heterocycles. The number of nitrogens with two attached hydrogens (primary N) is 2. The van der Waals surface area contributed by atoms with Gasteiger partial charge in [-0.15, -0.1) is 0 Å². The van der Waals surface area contributed by atoms with Crippen LogP contribution in [0.15, 0.2) is 91.1 Å². The number of ether oxygens (including phenoxy) is 1. The topological polar surface area (TPSA) is 347 Å². The molecule has 10 atom stereocenters. The number of carbonyl (C=O) groups excluding carboxylic acids is 10. The number of nitrogens with one attached hydrogen (secondary N) is 7. The van der Waals surface area contributed by atoms with Crippen molar-refractivity contribution in [3.63, 3.8) is 0 Å². The number of primary amides is 1. The lowest BCUT2D eigenvalue weighted by atomic mass is 9.90. The summed E-state index contributed by atoms with van der Waals surface area (Å²) in [7, 11) is 1.45. The predicted octanol–water partition coefficient (Wildman–Crippen LogP) is 5.73. The summed E-state index contributed by atoms with van der Waals surface area (Å²) in [5, 5.41) is 28.0. The second kappa shape index (κ2) is 35.1. The van der Waals surface area contributed by atoms with Gasteiger partial charge in [-0.25, -0.2) is 8.78 Å². The molecule has 5 aromatic rings. The molecular weight excluding hydrogens is 1380 g/mol. The van der Waals surface area contributed by atoms with Crippen molar-refractivity contribution in [2.75, 3.05) is 38.2 Å². The van der Waals surface area contributed by atoms with Crippen LogP contribution < -0.4 is 48.1 Å². The lowest BCUT2D eigenvalue weighted by Gasteiger charge is -2.37. The van der Waals surface area contributed by atoms with E-state index in [1.807, 2.05) is 0 Å². The van der Waals surface area contributed by atoms with Gasteiger partial charge in [0.2, 0.25) is 53.2 Å². The van der Waals surface area contributed by atoms with Crippen molar-refractivity contribution in [3.05, 3.63) is 142 Å². The van der Waals surface area contributed by atoms with Crippen LogP contribution in [0.1, 0.15) is 124 Å². The molecule has 1 aromatic heterocycles. The molecule has 12 N–H and O–H groups in total. The first-order valence-corrected chi connectivity index (χ1v) is 36.7. The normalized spacial score (nSPS) is 24.9. The Balaban J connectivity index is 1.06. The summed E-state index contributed by atoms with van der Waals surface area (Å²) in [6.07, 6.45) is -2.66. The number of allylic oxidation sites excluding steroid dienone is 1. The van der Waals surface area contributed by atoms with E-state index in [1.54, 1.807) is 48.7 Å². The molecule has 1 aliphatic carbocycles. The number of thioether (sulfide) groups is 2. The molecule has 2 fully saturated rings. The van der Waals surface area contributed by atoms with Crippen molar-refractivity contribution >= 4 is 98.9 Å². The SMILES string of the molecule is COc1ccc(C[C@@H]2NC(=O)[C@H]([C@@H](C)O)NC(=O)[C@@H]3CCCN3C(=O)[C@H](CC3=CCc4ccc(F)cc43)NC(=O)[C@H](Cc3c[nH]c4ccc(F)cc34)CC(=O)[C@@H](C)NC(=O)[C@H](CCCCN)NC(=O)CCSCc3cc(cc(C(F)(F)F)c3)CSC[C@@H](C(N)=O)NC(=O)[C@]3(C)CCCN3C2=O)cc1. The number of aromatic amines is 1. The number of fused-ring (bicyclic) bond motifs is 6. The number of alkyl halides is 3. The minimum absolute atomic E-state index is 0.0147. The van der Waals surface area contributed by atoms with Crippen LogP contribution in [0.25, 0.3) is 16.5 Å². The van der Waals surface area contributed by atoms with Gasteiger partial charge >= 0.3 is 6.18 Å². The Morgan fingerprint density at radius 1 is 0.767 bits per heavy atom. The molecule has 3 aliphatic heterocycles. The fourth-order valence-corrected chi connectivity index (χ4v) is 15.4. The maximum atomic E-state index is 15.5. The van der Waals surface area contributed by atoms with Gasteiger partial charge in [0.05, 0.1) is 24.8 Å². The van der Waals surface area contributed by atoms with Gasteiger partial charge in [0, 0.05) is 84.8 Å². The monoisotopic (exact) mass is 1470 g/mol. The van der Waals surface area contributed by atoms with Gasteiger partial charge in [-0.05, 0) is 179 Å². The minimum Gasteiger partial charge on any atom is -0.497 e. The zero-order valence-corrected chi connectivity index (χ0v) is 59.3. The zero-order valence-electron chi connectivity index (χ0n) is 57.7. The van der Waals surface area contributed by atoms with Crippen LogP contribution in [0.4, 0.5) is 22.0 Å². The van der Waals surface area contributed by atoms with Gasteiger partial charge in [-0.1, -0.05) is 30.3 Å². The Labute approximate surface area is 601 Å². The molecule has 0 saturated carbocycles. The number of Topliss-reactive ketones (excluding diaryl/α,β-unsaturated/α-hetero) is 1. The molecule has 0 radical (unpaired) electrons. The Bertz CT molecular complexity index is 4010. The highest BCUT2D eigenvalue weighted by atomic mass is 32.2. The molecule has 4 aromatic carbocycles. The zero-order chi connectivity index (χ0) is 74.4. The number of aliphatic hydroxyl groups is 1. The van der Waals surface area contributed by atoms with Gasteiger partial charge in [-0.3, -0.25) is 47.9 Å². The molecule has 4 aliphatic rings. The highest BCUT2D eigenvalue weighted by molar-refractivity contribution is 7.98. The Kier molecular flexibility index (Phi) is 26.7. The van der Waals surface area contributed by atoms with E-state index in [0.717, 1.165) is 41.2 Å². The molecule has 30 heteroatoms. The van der Waals surface area contributed by atoms with Gasteiger partial charge in [0.15, 0.2) is 5.78 Å². The number of halogens is 5. The third kappa shape index (κ3) is 20.1. The van der Waals surface area contributed by atoms with E-state index in [1.165, 1.54) is 68.0 Å². The molecule has 103 heavy (non-hydrogen) atoms. The van der Waals surface area contributed by atoms with Crippen LogP contribution in [0.5, 0.6) is 5.75 Å². The molecular formula is C73H88F5N11O12S2. The van der Waals surface area contributed by atoms with E-state index < -0.39 is 149 Å². The molecule has 2 saturated heterocycles. The lowest BCUT2D eigenvalue weighted by molar-refractivity contribution is -0.147. The maximum absolute atomic E-state index is 15.5. The fraction of sp³-hybridized carbons (Fsp3) is 0.479. The van der Waals surface area contributed by atoms with Crippen molar-refractivity contribution in [3.8, 4) is 5.75 Å². The van der Waals surface area contributed by atoms with Crippen molar-refractivity contribution in [1.29, 1.82) is 0 Å². The Morgan fingerprint density at radius 2 is 1.47 bits per heavy atom. The Hall–Kier alpha value is -8.87. The summed E-state index contributed by atoms with van der Waals surface area (Å²) in [5.74, 6) is -10.4. The molecule has 0 spiro atoms. The van der Waals surface area contributed by atoms with Crippen LogP contribution in [0, 0.1) is 17.6 Å². The number of rotatable bonds is 13. The summed E-state index contributed by atoms with van der Waals surface area (Å²) in [5.41, 5.74) is 12.5. The molecule has 554 valence electrons. The predicted molar refractivity (Wildman–Crippen MR) is 378 cm³/mol. The maximum Gasteiger partial charge on any atom is 0.416 e. The number of carbonyl (C=O) groups is 10. The number of aliphatic hydroxyl groups excluding tert-OH is 1. The number of nitrogens with zero attached hydrogens (tertiary/aromatic N) is 2. The number of hydrogen-bond donors (Lipinski definition) is 10. The number of amides is 9. The fourth-order valence-electron chi connectivity index (χ4n) is 13.6. The van der Waals surface area contributed by atoms with Crippen molar-refractivity contribution < 1.29 is 79.7 Å². The number of methoxy groups -OCH3 is 1. The summed E-state index contributed by atoms with van der Waals surface area (Å²) in [4.78, 5) is 151. The number of aromatic nitrogens is 1. The average Bonchev–Trinajstić information content (AvgIpc) is 1.68. The van der Waals surface area contributed by atoms with E-state index in [2.05, 4.69) is 36.9 Å². The second-order valence-corrected chi connectivity index (χ2v) is 29.0. The van der Waals surface area contributed by atoms with Crippen molar-refractivity contribution in [2.45, 2.75) is 176 Å². The first-order chi connectivity index (χ1) is 49.0. The molecule has 23 nitrogen and oxygen atoms in total. The summed E-state index contributed by atoms with van der Waals surface area (Å²) in [6.45, 7) is 4.28. The summed E-state index contributed by atoms with van der Waals surface area (Å²) in [6, 6.07) is 8.12. The number of hydrogen-bond acceptors (Lipinski definition) is 15. The number of unbranched alkanes of at least 4 members (excludes halogenated alkanes) is 1. The standard InChI is InChI=1S/C73H88F5N11O12S2/c1-40-61(91)33-47(31-48-36-81-55-20-17-51(75)35-54(48)55)65(94)84-58(32-46-14-13-45-15-16-50(74)34-53(45)46)69(98)88-24-7-10-60(88)67(96)87-63(41(2)90)68(97)85-57(30-42-11-18-52(101-4)19-12-42)70(99)89-25-8-22-72(89,3)71(100)86-59(64(80)93)39-103-38-44-27-43(28-49(29-44)73(76,77)78)37-102-26-21-62(92)83-56(66(95)82-40)9-5-6-23-79/h11-12,14-20,27-29,34-36,40-41,47,56-60,63,81,90H,5-10,13,21-26,30-33,37-39,79H2,1-4H3,(H2,80,93)(H,82,95)(H,83,92)(H,84,94)(H,85,97)(H,86,100)(H,87,96)/t40-,41-,47-,56+,57+,58+,59+,60+,63+,72+/m1/s1. The average molecular weight is 1470 g/mol. The van der Waals surface area contributed by atoms with E-state index >= 15 is 18.8 Å². The van der Waals surface area contributed by atoms with Crippen LogP contribution in [0.2, 0.25) is 0 Å². The number of H-pyrrole nitrogens is 1. The molecule has 2 bridgehead atoms. The van der Waals surface area contributed by atoms with E-state index in [4.69, 9.17) is 16.2 Å². The summed E-state index contributed by atoms with van der Waals surface area (Å²) >= 11 is 2.16. The van der Waals surface area contributed by atoms with E-state index in [9.17, 15) is 56.2 Å². The van der Waals surface area contributed by atoms with Crippen LogP contribution in [-0.4, -0.2) is 171 Å². The molecule has 0 unspecified atom stereocenters. The third-order valence-corrected chi connectivity index (χ3v) is 21.5. The highest BCUT2D eigenvalue weighted by Gasteiger charge is 2.49. The van der Waals surface area contributed by atoms with E-state index in [0.29, 0.717) is 58.2 Å². The Morgan fingerprint density at radius 3 is 2.17 bits per heavy atom. The van der Waals surface area contributed by atoms with Gasteiger partial charge < -0.3 is 68.0 Å². The number of ketones is 1. The smallest absolute Gasteiger partial charge is 0.416 e. The van der Waals surface area contributed by atoms with Gasteiger partial charge in [0.1, 0.15) is 59.2 Å². The number of benzene rings is 4. The van der Waals surface area contributed by atoms with Crippen LogP contribution >= 0.6 is 23.5 Å². The quantitative estimate of drug-likeness (QED) is 0.0497. The highest BCUT2D eigenvalue weighted by Crippen LogP contribution is 2.36. The minimum atomic E-state index is -4.77. The van der Waals surface area contributed by atoms with Crippen molar-refractivity contribution in [1.82, 2.24) is 46.7 Å². The van der Waals surface area contributed by atoms with Crippen LogP contribution in [-0.2, 0) is 84.9 Å². The second-order valence-electron chi connectivity index (χ2n) is 26.9. The van der Waals surface area contributed by atoms with Gasteiger partial charge in [0.25, 0.3) is 0 Å².